The second kappa shape index (κ2) is 5.04. The van der Waals surface area contributed by atoms with Crippen molar-refractivity contribution in [2.45, 2.75) is 51.5 Å². The summed E-state index contributed by atoms with van der Waals surface area (Å²) in [5.41, 5.74) is 0.961. The molecule has 1 aromatic heterocycles. The van der Waals surface area contributed by atoms with Crippen LogP contribution in [0.2, 0.25) is 5.28 Å². The first-order chi connectivity index (χ1) is 8.74. The van der Waals surface area contributed by atoms with Gasteiger partial charge in [0.2, 0.25) is 5.28 Å². The molecule has 2 fully saturated rings. The number of anilines is 1. The predicted octanol–water partition coefficient (Wildman–Crippen LogP) is 3.60. The SMILES string of the molecule is Cc1cc(N2CCCC3CCCCC32)nc(Cl)n1. The van der Waals surface area contributed by atoms with E-state index in [1.807, 2.05) is 6.92 Å². The van der Waals surface area contributed by atoms with E-state index in [1.165, 1.54) is 38.5 Å². The number of fused-ring (bicyclic) bond motifs is 1. The molecular weight excluding hydrogens is 246 g/mol. The summed E-state index contributed by atoms with van der Waals surface area (Å²) in [5, 5.41) is 0.378. The Bertz CT molecular complexity index is 413. The zero-order valence-corrected chi connectivity index (χ0v) is 11.7. The van der Waals surface area contributed by atoms with E-state index in [9.17, 15) is 0 Å². The Labute approximate surface area is 114 Å². The maximum atomic E-state index is 6.00. The highest BCUT2D eigenvalue weighted by molar-refractivity contribution is 6.28. The van der Waals surface area contributed by atoms with Crippen LogP contribution >= 0.6 is 11.6 Å². The first-order valence-corrected chi connectivity index (χ1v) is 7.39. The van der Waals surface area contributed by atoms with Gasteiger partial charge in [-0.25, -0.2) is 9.97 Å². The Morgan fingerprint density at radius 1 is 1.17 bits per heavy atom. The summed E-state index contributed by atoms with van der Waals surface area (Å²) in [7, 11) is 0. The molecule has 0 radical (unpaired) electrons. The fraction of sp³-hybridized carbons (Fsp3) is 0.714. The highest BCUT2D eigenvalue weighted by atomic mass is 35.5. The van der Waals surface area contributed by atoms with E-state index < -0.39 is 0 Å². The third-order valence-electron chi connectivity index (χ3n) is 4.35. The molecule has 1 aromatic rings. The van der Waals surface area contributed by atoms with Gasteiger partial charge in [-0.3, -0.25) is 0 Å². The fourth-order valence-corrected chi connectivity index (χ4v) is 3.79. The molecule has 2 atom stereocenters. The Morgan fingerprint density at radius 2 is 1.94 bits per heavy atom. The number of aromatic nitrogens is 2. The van der Waals surface area contributed by atoms with Crippen LogP contribution in [0.25, 0.3) is 0 Å². The number of hydrogen-bond donors (Lipinski definition) is 0. The van der Waals surface area contributed by atoms with Crippen molar-refractivity contribution in [2.24, 2.45) is 5.92 Å². The molecule has 3 rings (SSSR count). The number of nitrogens with zero attached hydrogens (tertiary/aromatic N) is 3. The van der Waals surface area contributed by atoms with Crippen LogP contribution in [0.1, 0.15) is 44.2 Å². The van der Waals surface area contributed by atoms with E-state index in [0.717, 1.165) is 24.0 Å². The summed E-state index contributed by atoms with van der Waals surface area (Å²) < 4.78 is 0. The largest absolute Gasteiger partial charge is 0.353 e. The molecule has 1 aliphatic carbocycles. The van der Waals surface area contributed by atoms with Crippen LogP contribution in [-0.2, 0) is 0 Å². The Hall–Kier alpha value is -0.830. The summed E-state index contributed by atoms with van der Waals surface area (Å²) in [6.07, 6.45) is 8.12. The van der Waals surface area contributed by atoms with Gasteiger partial charge < -0.3 is 4.90 Å². The van der Waals surface area contributed by atoms with Gasteiger partial charge in [0.05, 0.1) is 0 Å². The maximum Gasteiger partial charge on any atom is 0.224 e. The zero-order chi connectivity index (χ0) is 12.5. The van der Waals surface area contributed by atoms with Gasteiger partial charge in [-0.2, -0.15) is 0 Å². The van der Waals surface area contributed by atoms with Crippen molar-refractivity contribution in [1.82, 2.24) is 9.97 Å². The van der Waals surface area contributed by atoms with Crippen LogP contribution in [0, 0.1) is 12.8 Å². The van der Waals surface area contributed by atoms with Crippen molar-refractivity contribution in [2.75, 3.05) is 11.4 Å². The highest BCUT2D eigenvalue weighted by Crippen LogP contribution is 2.37. The van der Waals surface area contributed by atoms with Crippen molar-refractivity contribution in [3.05, 3.63) is 17.0 Å². The molecule has 1 saturated carbocycles. The standard InChI is InChI=1S/C14H20ClN3/c1-10-9-13(17-14(15)16-10)18-8-4-6-11-5-2-3-7-12(11)18/h9,11-12H,2-8H2,1H3. The minimum atomic E-state index is 0.378. The fourth-order valence-electron chi connectivity index (χ4n) is 3.57. The molecule has 1 saturated heterocycles. The lowest BCUT2D eigenvalue weighted by molar-refractivity contribution is 0.242. The van der Waals surface area contributed by atoms with E-state index in [-0.39, 0.29) is 0 Å². The molecule has 0 N–H and O–H groups in total. The lowest BCUT2D eigenvalue weighted by Gasteiger charge is -2.44. The monoisotopic (exact) mass is 265 g/mol. The first-order valence-electron chi connectivity index (χ1n) is 7.02. The summed E-state index contributed by atoms with van der Waals surface area (Å²) in [6, 6.07) is 2.75. The third kappa shape index (κ3) is 2.33. The number of piperidine rings is 1. The molecule has 98 valence electrons. The second-order valence-electron chi connectivity index (χ2n) is 5.58. The van der Waals surface area contributed by atoms with Gasteiger partial charge in [0.25, 0.3) is 0 Å². The van der Waals surface area contributed by atoms with Crippen LogP contribution in [0.15, 0.2) is 6.07 Å². The molecule has 18 heavy (non-hydrogen) atoms. The van der Waals surface area contributed by atoms with Crippen LogP contribution in [-0.4, -0.2) is 22.6 Å². The van der Waals surface area contributed by atoms with E-state index >= 15 is 0 Å². The van der Waals surface area contributed by atoms with Gasteiger partial charge >= 0.3 is 0 Å². The van der Waals surface area contributed by atoms with Crippen molar-refractivity contribution in [3.8, 4) is 0 Å². The molecule has 2 aliphatic rings. The van der Waals surface area contributed by atoms with Gasteiger partial charge in [0.1, 0.15) is 5.82 Å². The smallest absolute Gasteiger partial charge is 0.224 e. The van der Waals surface area contributed by atoms with Crippen LogP contribution < -0.4 is 4.90 Å². The second-order valence-corrected chi connectivity index (χ2v) is 5.92. The quantitative estimate of drug-likeness (QED) is 0.727. The topological polar surface area (TPSA) is 29.0 Å². The van der Waals surface area contributed by atoms with E-state index in [4.69, 9.17) is 11.6 Å². The molecular formula is C14H20ClN3. The lowest BCUT2D eigenvalue weighted by Crippen LogP contribution is -2.47. The molecule has 1 aliphatic heterocycles. The number of hydrogen-bond acceptors (Lipinski definition) is 3. The molecule has 2 heterocycles. The average molecular weight is 266 g/mol. The van der Waals surface area contributed by atoms with Gasteiger partial charge in [0.15, 0.2) is 0 Å². The van der Waals surface area contributed by atoms with Gasteiger partial charge in [0, 0.05) is 24.3 Å². The average Bonchev–Trinajstić information content (AvgIpc) is 2.37. The first kappa shape index (κ1) is 12.2. The van der Waals surface area contributed by atoms with Crippen LogP contribution in [0.3, 0.4) is 0 Å². The Morgan fingerprint density at radius 3 is 2.78 bits per heavy atom. The molecule has 0 amide bonds. The van der Waals surface area contributed by atoms with E-state index in [1.54, 1.807) is 0 Å². The normalized spacial score (nSPS) is 28.0. The summed E-state index contributed by atoms with van der Waals surface area (Å²) >= 11 is 6.00. The van der Waals surface area contributed by atoms with E-state index in [0.29, 0.717) is 11.3 Å². The molecule has 0 bridgehead atoms. The number of rotatable bonds is 1. The highest BCUT2D eigenvalue weighted by Gasteiger charge is 2.33. The van der Waals surface area contributed by atoms with E-state index in [2.05, 4.69) is 20.9 Å². The minimum absolute atomic E-state index is 0.378. The number of aryl methyl sites for hydroxylation is 1. The van der Waals surface area contributed by atoms with Crippen molar-refractivity contribution >= 4 is 17.4 Å². The Balaban J connectivity index is 1.89. The summed E-state index contributed by atoms with van der Waals surface area (Å²) in [6.45, 7) is 3.10. The molecule has 0 aromatic carbocycles. The van der Waals surface area contributed by atoms with Crippen molar-refractivity contribution in [1.29, 1.82) is 0 Å². The lowest BCUT2D eigenvalue weighted by atomic mass is 9.78. The van der Waals surface area contributed by atoms with Crippen LogP contribution in [0.4, 0.5) is 5.82 Å². The summed E-state index contributed by atoms with van der Waals surface area (Å²) in [5.74, 6) is 1.89. The van der Waals surface area contributed by atoms with Gasteiger partial charge in [-0.15, -0.1) is 0 Å². The molecule has 2 unspecified atom stereocenters. The molecule has 0 spiro atoms. The maximum absolute atomic E-state index is 6.00. The minimum Gasteiger partial charge on any atom is -0.353 e. The number of halogens is 1. The third-order valence-corrected chi connectivity index (χ3v) is 4.52. The van der Waals surface area contributed by atoms with Gasteiger partial charge in [-0.05, 0) is 50.1 Å². The molecule has 3 nitrogen and oxygen atoms in total. The van der Waals surface area contributed by atoms with Crippen molar-refractivity contribution in [3.63, 3.8) is 0 Å². The molecule has 4 heteroatoms. The summed E-state index contributed by atoms with van der Waals surface area (Å²) in [4.78, 5) is 11.1. The van der Waals surface area contributed by atoms with Crippen LogP contribution in [0.5, 0.6) is 0 Å². The Kier molecular flexibility index (Phi) is 3.42. The zero-order valence-electron chi connectivity index (χ0n) is 10.9. The predicted molar refractivity (Wildman–Crippen MR) is 74.1 cm³/mol. The van der Waals surface area contributed by atoms with Gasteiger partial charge in [-0.1, -0.05) is 12.8 Å². The van der Waals surface area contributed by atoms with Crippen molar-refractivity contribution < 1.29 is 0 Å².